The normalized spacial score (nSPS) is 14.4. The highest BCUT2D eigenvalue weighted by Gasteiger charge is 2.53. The molecule has 0 unspecified atom stereocenters. The molecule has 0 atom stereocenters. The van der Waals surface area contributed by atoms with E-state index in [-0.39, 0.29) is 23.5 Å². The molecule has 0 saturated heterocycles. The number of ether oxygens (including phenoxy) is 3. The van der Waals surface area contributed by atoms with Crippen molar-refractivity contribution < 1.29 is 29.2 Å². The third-order valence-electron chi connectivity index (χ3n) is 5.76. The van der Waals surface area contributed by atoms with Crippen molar-refractivity contribution in [2.75, 3.05) is 12.4 Å². The van der Waals surface area contributed by atoms with Crippen molar-refractivity contribution in [2.24, 2.45) is 0 Å². The van der Waals surface area contributed by atoms with Crippen molar-refractivity contribution in [3.63, 3.8) is 0 Å². The zero-order chi connectivity index (χ0) is 23.4. The average Bonchev–Trinajstić information content (AvgIpc) is 3.11. The Balaban J connectivity index is 1.51. The number of hydrogen-bond acceptors (Lipinski definition) is 10. The van der Waals surface area contributed by atoms with Gasteiger partial charge in [0.15, 0.2) is 5.60 Å². The number of phenolic OH excluding ortho intramolecular Hbond substituents is 2. The average molecular weight is 456 g/mol. The van der Waals surface area contributed by atoms with E-state index in [1.807, 2.05) is 0 Å². The lowest BCUT2D eigenvalue weighted by atomic mass is 9.77. The number of esters is 1. The number of nitrogens with zero attached hydrogens (tertiary/aromatic N) is 3. The number of aromatic nitrogens is 3. The molecule has 34 heavy (non-hydrogen) atoms. The summed E-state index contributed by atoms with van der Waals surface area (Å²) in [6, 6.07) is 14.6. The molecule has 0 amide bonds. The molecule has 3 aromatic carbocycles. The fourth-order valence-electron chi connectivity index (χ4n) is 4.35. The van der Waals surface area contributed by atoms with Gasteiger partial charge in [-0.15, -0.1) is 0 Å². The molecule has 0 aliphatic carbocycles. The van der Waals surface area contributed by atoms with Crippen LogP contribution in [-0.4, -0.2) is 38.2 Å². The molecule has 0 saturated carbocycles. The molecule has 2 aliphatic rings. The van der Waals surface area contributed by atoms with Gasteiger partial charge in [0.2, 0.25) is 5.95 Å². The molecular formula is C24H16N4O6. The van der Waals surface area contributed by atoms with E-state index >= 15 is 0 Å². The molecular weight excluding hydrogens is 440 g/mol. The summed E-state index contributed by atoms with van der Waals surface area (Å²) in [6.07, 6.45) is 1.31. The minimum Gasteiger partial charge on any atom is -0.508 e. The SMILES string of the molecule is COc1ncnc(Nc2ccc3c(c2)C(=O)OC32c3ccc(O)cc3Oc3cc(O)ccc32)n1. The monoisotopic (exact) mass is 456 g/mol. The standard InChI is InChI=1S/C24H16N4O6/c1-32-23-26-11-25-22(28-23)27-12-2-5-16-15(8-12)21(31)34-24(16)17-6-3-13(29)9-19(17)33-20-10-14(30)4-7-18(20)24/h2-11,29-30H,1H3,(H,25,26,27,28). The smallest absolute Gasteiger partial charge is 0.340 e. The number of anilines is 2. The van der Waals surface area contributed by atoms with Gasteiger partial charge in [0.1, 0.15) is 29.3 Å². The van der Waals surface area contributed by atoms with Crippen molar-refractivity contribution in [3.05, 3.63) is 83.2 Å². The highest BCUT2D eigenvalue weighted by atomic mass is 16.6. The molecule has 10 heteroatoms. The Labute approximate surface area is 192 Å². The van der Waals surface area contributed by atoms with Gasteiger partial charge in [0.25, 0.3) is 0 Å². The molecule has 3 N–H and O–H groups in total. The first kappa shape index (κ1) is 19.8. The zero-order valence-electron chi connectivity index (χ0n) is 17.6. The van der Waals surface area contributed by atoms with Gasteiger partial charge >= 0.3 is 12.0 Å². The van der Waals surface area contributed by atoms with Crippen LogP contribution in [0.2, 0.25) is 0 Å². The summed E-state index contributed by atoms with van der Waals surface area (Å²) in [5.41, 5.74) is 1.29. The second-order valence-electron chi connectivity index (χ2n) is 7.71. The number of hydrogen-bond donors (Lipinski definition) is 3. The maximum absolute atomic E-state index is 13.1. The molecule has 0 fully saturated rings. The zero-order valence-corrected chi connectivity index (χ0v) is 17.6. The summed E-state index contributed by atoms with van der Waals surface area (Å²) >= 11 is 0. The summed E-state index contributed by atoms with van der Waals surface area (Å²) in [6.45, 7) is 0. The van der Waals surface area contributed by atoms with Crippen LogP contribution in [-0.2, 0) is 10.3 Å². The molecule has 0 bridgehead atoms. The molecule has 0 radical (unpaired) electrons. The minimum absolute atomic E-state index is 0.00521. The lowest BCUT2D eigenvalue weighted by Crippen LogP contribution is -2.32. The molecule has 6 rings (SSSR count). The van der Waals surface area contributed by atoms with Crippen molar-refractivity contribution >= 4 is 17.6 Å². The third kappa shape index (κ3) is 2.82. The van der Waals surface area contributed by atoms with Crippen molar-refractivity contribution in [1.82, 2.24) is 15.0 Å². The van der Waals surface area contributed by atoms with Gasteiger partial charge in [-0.2, -0.15) is 9.97 Å². The van der Waals surface area contributed by atoms with E-state index in [9.17, 15) is 15.0 Å². The first-order valence-corrected chi connectivity index (χ1v) is 10.2. The summed E-state index contributed by atoms with van der Waals surface area (Å²) in [5.74, 6) is 0.340. The highest BCUT2D eigenvalue weighted by molar-refractivity contribution is 5.98. The quantitative estimate of drug-likeness (QED) is 0.392. The maximum Gasteiger partial charge on any atom is 0.340 e. The molecule has 3 heterocycles. The molecule has 1 spiro atoms. The van der Waals surface area contributed by atoms with Crippen molar-refractivity contribution in [2.45, 2.75) is 5.60 Å². The minimum atomic E-state index is -1.31. The van der Waals surface area contributed by atoms with E-state index < -0.39 is 11.6 Å². The number of rotatable bonds is 3. The molecule has 10 nitrogen and oxygen atoms in total. The van der Waals surface area contributed by atoms with Crippen LogP contribution in [0.5, 0.6) is 29.0 Å². The van der Waals surface area contributed by atoms with E-state index in [0.717, 1.165) is 0 Å². The van der Waals surface area contributed by atoms with Gasteiger partial charge in [0, 0.05) is 34.5 Å². The van der Waals surface area contributed by atoms with Crippen LogP contribution in [0.4, 0.5) is 11.6 Å². The largest absolute Gasteiger partial charge is 0.508 e. The second kappa shape index (κ2) is 7.07. The van der Waals surface area contributed by atoms with Crippen LogP contribution < -0.4 is 14.8 Å². The Bertz CT molecular complexity index is 1440. The van der Waals surface area contributed by atoms with E-state index in [4.69, 9.17) is 14.2 Å². The van der Waals surface area contributed by atoms with Crippen LogP contribution in [0.3, 0.4) is 0 Å². The van der Waals surface area contributed by atoms with Gasteiger partial charge in [-0.05, 0) is 36.4 Å². The van der Waals surface area contributed by atoms with Gasteiger partial charge < -0.3 is 29.7 Å². The molecule has 168 valence electrons. The van der Waals surface area contributed by atoms with Crippen LogP contribution in [0.15, 0.2) is 60.9 Å². The Kier molecular flexibility index (Phi) is 4.12. The van der Waals surface area contributed by atoms with Gasteiger partial charge in [-0.3, -0.25) is 0 Å². The number of aromatic hydroxyl groups is 2. The number of phenols is 2. The second-order valence-corrected chi connectivity index (χ2v) is 7.71. The van der Waals surface area contributed by atoms with E-state index in [1.54, 1.807) is 30.3 Å². The maximum atomic E-state index is 13.1. The number of methoxy groups -OCH3 is 1. The lowest BCUT2D eigenvalue weighted by molar-refractivity contribution is 0.0224. The first-order valence-electron chi connectivity index (χ1n) is 10.2. The Morgan fingerprint density at radius 1 is 0.912 bits per heavy atom. The highest BCUT2D eigenvalue weighted by Crippen LogP contribution is 2.57. The summed E-state index contributed by atoms with van der Waals surface area (Å²) in [7, 11) is 1.45. The Morgan fingerprint density at radius 3 is 2.26 bits per heavy atom. The van der Waals surface area contributed by atoms with Crippen LogP contribution in [0, 0.1) is 0 Å². The van der Waals surface area contributed by atoms with Gasteiger partial charge in [-0.25, -0.2) is 9.78 Å². The first-order chi connectivity index (χ1) is 16.5. The van der Waals surface area contributed by atoms with Crippen molar-refractivity contribution in [3.8, 4) is 29.0 Å². The number of fused-ring (bicyclic) bond motifs is 6. The molecule has 4 aromatic rings. The predicted molar refractivity (Wildman–Crippen MR) is 118 cm³/mol. The predicted octanol–water partition coefficient (Wildman–Crippen LogP) is 3.60. The lowest BCUT2D eigenvalue weighted by Gasteiger charge is -2.36. The van der Waals surface area contributed by atoms with Gasteiger partial charge in [-0.1, -0.05) is 6.07 Å². The summed E-state index contributed by atoms with van der Waals surface area (Å²) < 4.78 is 17.0. The topological polar surface area (TPSA) is 136 Å². The molecule has 1 aromatic heterocycles. The molecule has 2 aliphatic heterocycles. The number of carbonyl (C=O) groups excluding carboxylic acids is 1. The number of benzene rings is 3. The van der Waals surface area contributed by atoms with E-state index in [0.29, 0.717) is 39.4 Å². The Morgan fingerprint density at radius 2 is 1.59 bits per heavy atom. The van der Waals surface area contributed by atoms with Crippen LogP contribution >= 0.6 is 0 Å². The number of nitrogens with one attached hydrogen (secondary N) is 1. The summed E-state index contributed by atoms with van der Waals surface area (Å²) in [5, 5.41) is 23.1. The van der Waals surface area contributed by atoms with Crippen LogP contribution in [0.25, 0.3) is 0 Å². The van der Waals surface area contributed by atoms with Crippen LogP contribution in [0.1, 0.15) is 27.0 Å². The van der Waals surface area contributed by atoms with E-state index in [2.05, 4.69) is 20.3 Å². The van der Waals surface area contributed by atoms with Crippen molar-refractivity contribution in [1.29, 1.82) is 0 Å². The fourth-order valence-corrected chi connectivity index (χ4v) is 4.35. The fraction of sp³-hybridized carbons (Fsp3) is 0.0833. The van der Waals surface area contributed by atoms with Gasteiger partial charge in [0.05, 0.1) is 12.7 Å². The third-order valence-corrected chi connectivity index (χ3v) is 5.76. The van der Waals surface area contributed by atoms with E-state index in [1.165, 1.54) is 37.7 Å². The number of carbonyl (C=O) groups is 1. The Hall–Kier alpha value is -4.86. The summed E-state index contributed by atoms with van der Waals surface area (Å²) in [4.78, 5) is 25.2.